The fourth-order valence-corrected chi connectivity index (χ4v) is 6.17. The van der Waals surface area contributed by atoms with Crippen LogP contribution in [0.2, 0.25) is 0 Å². The standard InChI is InChI=1S/C21H32N2O2S/c1-3-5-6-11-23-13-17-16(18-9-10-21(17,14-23)25-18)12-22-20(24)19-8-7-15(4-2)26-19/h7-8,16-18H,3-6,9-14H2,1-2H3,(H,22,24)/t16-,17+,18+,21+/m0/s1. The summed E-state index contributed by atoms with van der Waals surface area (Å²) in [5, 5.41) is 3.21. The Labute approximate surface area is 161 Å². The lowest BCUT2D eigenvalue weighted by Gasteiger charge is -2.29. The summed E-state index contributed by atoms with van der Waals surface area (Å²) in [6, 6.07) is 4.03. The number of hydrogen-bond acceptors (Lipinski definition) is 4. The van der Waals surface area contributed by atoms with Gasteiger partial charge in [0.15, 0.2) is 0 Å². The predicted molar refractivity (Wildman–Crippen MR) is 106 cm³/mol. The Balaban J connectivity index is 1.35. The number of amides is 1. The maximum atomic E-state index is 12.5. The molecule has 2 bridgehead atoms. The second-order valence-corrected chi connectivity index (χ2v) is 9.47. The van der Waals surface area contributed by atoms with E-state index in [2.05, 4.69) is 30.1 Å². The van der Waals surface area contributed by atoms with Crippen LogP contribution in [0, 0.1) is 11.8 Å². The van der Waals surface area contributed by atoms with Gasteiger partial charge in [-0.1, -0.05) is 26.7 Å². The maximum Gasteiger partial charge on any atom is 0.261 e. The van der Waals surface area contributed by atoms with Crippen molar-refractivity contribution in [3.63, 3.8) is 0 Å². The van der Waals surface area contributed by atoms with Crippen LogP contribution in [0.4, 0.5) is 0 Å². The number of aryl methyl sites for hydroxylation is 1. The van der Waals surface area contributed by atoms with Crippen LogP contribution in [0.15, 0.2) is 12.1 Å². The molecule has 3 saturated heterocycles. The quantitative estimate of drug-likeness (QED) is 0.703. The molecule has 3 aliphatic rings. The minimum absolute atomic E-state index is 0.0873. The molecule has 26 heavy (non-hydrogen) atoms. The van der Waals surface area contributed by atoms with Gasteiger partial charge in [0.05, 0.1) is 16.6 Å². The van der Waals surface area contributed by atoms with Crippen LogP contribution in [-0.4, -0.2) is 48.7 Å². The lowest BCUT2D eigenvalue weighted by atomic mass is 9.73. The molecule has 1 spiro atoms. The summed E-state index contributed by atoms with van der Waals surface area (Å²) in [5.74, 6) is 1.16. The SMILES string of the molecule is CCCCCN1C[C@@H]2[C@H](CNC(=O)c3ccc(CC)s3)[C@H]3CC[C@]2(C1)O3. The number of likely N-dealkylation sites (tertiary alicyclic amines) is 1. The summed E-state index contributed by atoms with van der Waals surface area (Å²) in [7, 11) is 0. The molecule has 3 aliphatic heterocycles. The summed E-state index contributed by atoms with van der Waals surface area (Å²) in [4.78, 5) is 17.2. The van der Waals surface area contributed by atoms with Crippen molar-refractivity contribution in [3.05, 3.63) is 21.9 Å². The third kappa shape index (κ3) is 3.34. The van der Waals surface area contributed by atoms with E-state index in [-0.39, 0.29) is 11.5 Å². The van der Waals surface area contributed by atoms with E-state index in [1.807, 2.05) is 6.07 Å². The van der Waals surface area contributed by atoms with E-state index in [9.17, 15) is 4.79 Å². The van der Waals surface area contributed by atoms with Gasteiger partial charge in [-0.2, -0.15) is 0 Å². The fraction of sp³-hybridized carbons (Fsp3) is 0.762. The first-order valence-electron chi connectivity index (χ1n) is 10.4. The molecule has 1 aromatic heterocycles. The van der Waals surface area contributed by atoms with Crippen LogP contribution in [0.3, 0.4) is 0 Å². The summed E-state index contributed by atoms with van der Waals surface area (Å²) in [5.41, 5.74) is 0.0879. The van der Waals surface area contributed by atoms with Crippen molar-refractivity contribution < 1.29 is 9.53 Å². The summed E-state index contributed by atoms with van der Waals surface area (Å²) < 4.78 is 6.50. The molecule has 0 saturated carbocycles. The molecule has 0 aromatic carbocycles. The number of unbranched alkanes of at least 4 members (excludes halogenated alkanes) is 2. The lowest BCUT2D eigenvalue weighted by Crippen LogP contribution is -2.41. The summed E-state index contributed by atoms with van der Waals surface area (Å²) in [6.45, 7) is 8.61. The van der Waals surface area contributed by atoms with Gasteiger partial charge in [-0.15, -0.1) is 11.3 Å². The highest BCUT2D eigenvalue weighted by atomic mass is 32.1. The second kappa shape index (κ2) is 7.61. The summed E-state index contributed by atoms with van der Waals surface area (Å²) >= 11 is 1.62. The van der Waals surface area contributed by atoms with Crippen LogP contribution < -0.4 is 5.32 Å². The number of carbonyl (C=O) groups is 1. The molecule has 144 valence electrons. The van der Waals surface area contributed by atoms with Gasteiger partial charge in [0, 0.05) is 36.3 Å². The van der Waals surface area contributed by atoms with Crippen molar-refractivity contribution in [1.29, 1.82) is 0 Å². The Kier molecular flexibility index (Phi) is 5.40. The van der Waals surface area contributed by atoms with Gasteiger partial charge in [-0.3, -0.25) is 4.79 Å². The van der Waals surface area contributed by atoms with Crippen LogP contribution in [0.5, 0.6) is 0 Å². The van der Waals surface area contributed by atoms with E-state index in [0.717, 1.165) is 30.9 Å². The molecule has 1 aromatic rings. The molecule has 0 unspecified atom stereocenters. The largest absolute Gasteiger partial charge is 0.370 e. The van der Waals surface area contributed by atoms with Gasteiger partial charge in [-0.25, -0.2) is 0 Å². The molecule has 1 N–H and O–H groups in total. The Morgan fingerprint density at radius 1 is 1.38 bits per heavy atom. The molecule has 4 rings (SSSR count). The number of ether oxygens (including phenoxy) is 1. The van der Waals surface area contributed by atoms with Crippen LogP contribution in [0.1, 0.15) is 60.5 Å². The number of nitrogens with zero attached hydrogens (tertiary/aromatic N) is 1. The van der Waals surface area contributed by atoms with E-state index < -0.39 is 0 Å². The molecule has 0 aliphatic carbocycles. The smallest absolute Gasteiger partial charge is 0.261 e. The highest BCUT2D eigenvalue weighted by molar-refractivity contribution is 7.14. The predicted octanol–water partition coefficient (Wildman–Crippen LogP) is 3.71. The molecule has 5 heteroatoms. The molecule has 4 heterocycles. The van der Waals surface area contributed by atoms with Crippen molar-refractivity contribution >= 4 is 17.2 Å². The average Bonchev–Trinajstić information content (AvgIpc) is 3.39. The number of hydrogen-bond donors (Lipinski definition) is 1. The lowest BCUT2D eigenvalue weighted by molar-refractivity contribution is 0.00267. The third-order valence-electron chi connectivity index (χ3n) is 6.66. The first kappa shape index (κ1) is 18.5. The van der Waals surface area contributed by atoms with Crippen molar-refractivity contribution in [2.75, 3.05) is 26.2 Å². The van der Waals surface area contributed by atoms with E-state index >= 15 is 0 Å². The van der Waals surface area contributed by atoms with Gasteiger partial charge in [0.1, 0.15) is 0 Å². The van der Waals surface area contributed by atoms with E-state index in [1.54, 1.807) is 11.3 Å². The van der Waals surface area contributed by atoms with E-state index in [0.29, 0.717) is 17.9 Å². The van der Waals surface area contributed by atoms with Crippen LogP contribution in [0.25, 0.3) is 0 Å². The Morgan fingerprint density at radius 2 is 2.27 bits per heavy atom. The minimum Gasteiger partial charge on any atom is -0.370 e. The summed E-state index contributed by atoms with van der Waals surface area (Å²) in [6.07, 6.45) is 7.61. The first-order chi connectivity index (χ1) is 12.6. The average molecular weight is 377 g/mol. The highest BCUT2D eigenvalue weighted by Gasteiger charge is 2.62. The van der Waals surface area contributed by atoms with Gasteiger partial charge >= 0.3 is 0 Å². The van der Waals surface area contributed by atoms with Gasteiger partial charge < -0.3 is 15.0 Å². The molecular formula is C21H32N2O2S. The third-order valence-corrected chi connectivity index (χ3v) is 7.89. The molecule has 3 fully saturated rings. The van der Waals surface area contributed by atoms with E-state index in [4.69, 9.17) is 4.74 Å². The van der Waals surface area contributed by atoms with E-state index in [1.165, 1.54) is 43.5 Å². The maximum absolute atomic E-state index is 12.5. The molecule has 1 amide bonds. The van der Waals surface area contributed by atoms with Gasteiger partial charge in [0.25, 0.3) is 5.91 Å². The normalized spacial score (nSPS) is 32.9. The Bertz CT molecular complexity index is 646. The topological polar surface area (TPSA) is 41.6 Å². The second-order valence-electron chi connectivity index (χ2n) is 8.30. The zero-order valence-electron chi connectivity index (χ0n) is 16.1. The van der Waals surface area contributed by atoms with Crippen molar-refractivity contribution in [2.45, 2.75) is 64.1 Å². The van der Waals surface area contributed by atoms with Crippen LogP contribution in [-0.2, 0) is 11.2 Å². The minimum atomic E-state index is 0.0873. The molecule has 4 atom stereocenters. The van der Waals surface area contributed by atoms with Crippen molar-refractivity contribution in [3.8, 4) is 0 Å². The Morgan fingerprint density at radius 3 is 3.04 bits per heavy atom. The van der Waals surface area contributed by atoms with Gasteiger partial charge in [0.2, 0.25) is 0 Å². The monoisotopic (exact) mass is 376 g/mol. The number of thiophene rings is 1. The first-order valence-corrected chi connectivity index (χ1v) is 11.2. The highest BCUT2D eigenvalue weighted by Crippen LogP contribution is 2.54. The molecule has 4 nitrogen and oxygen atoms in total. The number of rotatable bonds is 8. The van der Waals surface area contributed by atoms with Gasteiger partial charge in [-0.05, 0) is 44.4 Å². The number of fused-ring (bicyclic) bond motifs is 1. The zero-order chi connectivity index (χ0) is 18.1. The molecular weight excluding hydrogens is 344 g/mol. The van der Waals surface area contributed by atoms with Crippen LogP contribution >= 0.6 is 11.3 Å². The molecule has 0 radical (unpaired) electrons. The van der Waals surface area contributed by atoms with Crippen molar-refractivity contribution in [1.82, 2.24) is 10.2 Å². The Hall–Kier alpha value is -0.910. The zero-order valence-corrected chi connectivity index (χ0v) is 16.9. The number of carbonyl (C=O) groups excluding carboxylic acids is 1. The van der Waals surface area contributed by atoms with Crippen molar-refractivity contribution in [2.24, 2.45) is 11.8 Å². The fourth-order valence-electron chi connectivity index (χ4n) is 5.30. The number of nitrogens with one attached hydrogen (secondary N) is 1.